The third-order valence-corrected chi connectivity index (χ3v) is 5.55. The van der Waals surface area contributed by atoms with Crippen LogP contribution in [0, 0.1) is 5.41 Å². The van der Waals surface area contributed by atoms with Crippen LogP contribution in [-0.2, 0) is 4.74 Å². The molecular weight excluding hydrogens is 242 g/mol. The van der Waals surface area contributed by atoms with E-state index in [0.29, 0.717) is 11.5 Å². The van der Waals surface area contributed by atoms with Gasteiger partial charge in [0.15, 0.2) is 0 Å². The van der Waals surface area contributed by atoms with Gasteiger partial charge in [-0.15, -0.1) is 0 Å². The van der Waals surface area contributed by atoms with Crippen molar-refractivity contribution in [1.29, 1.82) is 0 Å². The van der Waals surface area contributed by atoms with Crippen molar-refractivity contribution in [1.82, 2.24) is 5.32 Å². The van der Waals surface area contributed by atoms with Crippen LogP contribution in [0.3, 0.4) is 0 Å². The summed E-state index contributed by atoms with van der Waals surface area (Å²) < 4.78 is 5.95. The van der Waals surface area contributed by atoms with E-state index in [0.717, 1.165) is 12.6 Å². The van der Waals surface area contributed by atoms with Crippen LogP contribution in [0.2, 0.25) is 0 Å². The molecule has 2 aliphatic carbocycles. The zero-order valence-electron chi connectivity index (χ0n) is 12.0. The van der Waals surface area contributed by atoms with Crippen LogP contribution in [0.4, 0.5) is 0 Å². The summed E-state index contributed by atoms with van der Waals surface area (Å²) in [6.45, 7) is 4.21. The summed E-state index contributed by atoms with van der Waals surface area (Å²) in [7, 11) is 0. The monoisotopic (exact) mass is 271 g/mol. The van der Waals surface area contributed by atoms with Gasteiger partial charge in [-0.05, 0) is 57.6 Å². The van der Waals surface area contributed by atoms with Crippen LogP contribution >= 0.6 is 11.8 Å². The quantitative estimate of drug-likeness (QED) is 0.683. The van der Waals surface area contributed by atoms with E-state index in [4.69, 9.17) is 4.74 Å². The van der Waals surface area contributed by atoms with Gasteiger partial charge in [-0.25, -0.2) is 0 Å². The fourth-order valence-corrected chi connectivity index (χ4v) is 4.31. The van der Waals surface area contributed by atoms with Crippen molar-refractivity contribution in [2.75, 3.05) is 25.2 Å². The molecule has 106 valence electrons. The summed E-state index contributed by atoms with van der Waals surface area (Å²) in [6.07, 6.45) is 12.3. The minimum Gasteiger partial charge on any atom is -0.378 e. The lowest BCUT2D eigenvalue weighted by Gasteiger charge is -2.54. The number of rotatable bonds is 8. The van der Waals surface area contributed by atoms with Gasteiger partial charge in [0, 0.05) is 18.1 Å². The fraction of sp³-hybridized carbons (Fsp3) is 1.00. The van der Waals surface area contributed by atoms with Crippen LogP contribution in [0.25, 0.3) is 0 Å². The molecule has 2 saturated carbocycles. The molecule has 0 heterocycles. The lowest BCUT2D eigenvalue weighted by molar-refractivity contribution is -0.130. The van der Waals surface area contributed by atoms with E-state index in [2.05, 4.69) is 18.5 Å². The maximum absolute atomic E-state index is 5.95. The van der Waals surface area contributed by atoms with Crippen LogP contribution in [0.15, 0.2) is 0 Å². The molecule has 1 spiro atoms. The maximum atomic E-state index is 5.95. The van der Waals surface area contributed by atoms with Crippen molar-refractivity contribution >= 4 is 11.8 Å². The Morgan fingerprint density at radius 3 is 2.72 bits per heavy atom. The molecule has 0 saturated heterocycles. The highest BCUT2D eigenvalue weighted by Gasteiger charge is 2.56. The van der Waals surface area contributed by atoms with E-state index in [1.165, 1.54) is 57.2 Å². The second kappa shape index (κ2) is 7.16. The second-order valence-corrected chi connectivity index (χ2v) is 6.81. The lowest BCUT2D eigenvalue weighted by atomic mass is 9.60. The molecule has 2 unspecified atom stereocenters. The Kier molecular flexibility index (Phi) is 5.84. The zero-order valence-corrected chi connectivity index (χ0v) is 12.9. The number of ether oxygens (including phenoxy) is 1. The summed E-state index contributed by atoms with van der Waals surface area (Å²) in [5, 5.41) is 3.81. The number of hydrogen-bond donors (Lipinski definition) is 1. The SMILES string of the molecule is CCOC1CC(NCCCCSC)C12CCCC2. The Bertz CT molecular complexity index is 241. The number of hydrogen-bond acceptors (Lipinski definition) is 3. The Hall–Kier alpha value is 0.270. The van der Waals surface area contributed by atoms with Gasteiger partial charge < -0.3 is 10.1 Å². The van der Waals surface area contributed by atoms with E-state index >= 15 is 0 Å². The number of thioether (sulfide) groups is 1. The summed E-state index contributed by atoms with van der Waals surface area (Å²) in [6, 6.07) is 0.742. The normalized spacial score (nSPS) is 29.7. The van der Waals surface area contributed by atoms with E-state index in [9.17, 15) is 0 Å². The highest BCUT2D eigenvalue weighted by atomic mass is 32.2. The molecule has 0 bridgehead atoms. The smallest absolute Gasteiger partial charge is 0.0661 e. The van der Waals surface area contributed by atoms with Crippen LogP contribution in [-0.4, -0.2) is 37.3 Å². The van der Waals surface area contributed by atoms with Crippen molar-refractivity contribution < 1.29 is 4.74 Å². The van der Waals surface area contributed by atoms with Crippen LogP contribution in [0.5, 0.6) is 0 Å². The van der Waals surface area contributed by atoms with Crippen LogP contribution < -0.4 is 5.32 Å². The van der Waals surface area contributed by atoms with Crippen molar-refractivity contribution in [3.63, 3.8) is 0 Å². The second-order valence-electron chi connectivity index (χ2n) is 5.83. The third-order valence-electron chi connectivity index (χ3n) is 4.85. The predicted octanol–water partition coefficient (Wildman–Crippen LogP) is 3.46. The Morgan fingerprint density at radius 1 is 1.28 bits per heavy atom. The third kappa shape index (κ3) is 3.05. The first kappa shape index (κ1) is 14.7. The van der Waals surface area contributed by atoms with Gasteiger partial charge in [0.2, 0.25) is 0 Å². The maximum Gasteiger partial charge on any atom is 0.0661 e. The first-order valence-electron chi connectivity index (χ1n) is 7.67. The van der Waals surface area contributed by atoms with Crippen LogP contribution in [0.1, 0.15) is 51.9 Å². The average Bonchev–Trinajstić information content (AvgIpc) is 2.88. The molecule has 2 rings (SSSR count). The minimum atomic E-state index is 0.509. The molecule has 0 aromatic carbocycles. The van der Waals surface area contributed by atoms with Gasteiger partial charge in [-0.2, -0.15) is 11.8 Å². The Balaban J connectivity index is 1.72. The van der Waals surface area contributed by atoms with Crippen molar-refractivity contribution in [3.05, 3.63) is 0 Å². The highest BCUT2D eigenvalue weighted by molar-refractivity contribution is 7.98. The molecule has 0 aliphatic heterocycles. The fourth-order valence-electron chi connectivity index (χ4n) is 3.82. The highest BCUT2D eigenvalue weighted by Crippen LogP contribution is 2.54. The molecule has 3 heteroatoms. The molecular formula is C15H29NOS. The molecule has 2 aliphatic rings. The Labute approximate surface area is 117 Å². The summed E-state index contributed by atoms with van der Waals surface area (Å²) in [4.78, 5) is 0. The summed E-state index contributed by atoms with van der Waals surface area (Å²) in [5.74, 6) is 1.30. The Morgan fingerprint density at radius 2 is 2.06 bits per heavy atom. The molecule has 0 aromatic rings. The zero-order chi connectivity index (χ0) is 12.8. The van der Waals surface area contributed by atoms with Gasteiger partial charge in [0.25, 0.3) is 0 Å². The van der Waals surface area contributed by atoms with Gasteiger partial charge in [-0.1, -0.05) is 12.8 Å². The number of nitrogens with one attached hydrogen (secondary N) is 1. The molecule has 0 aromatic heterocycles. The average molecular weight is 271 g/mol. The molecule has 1 N–H and O–H groups in total. The molecule has 18 heavy (non-hydrogen) atoms. The van der Waals surface area contributed by atoms with E-state index in [1.54, 1.807) is 0 Å². The summed E-state index contributed by atoms with van der Waals surface area (Å²) in [5.41, 5.74) is 0.509. The van der Waals surface area contributed by atoms with Gasteiger partial charge in [0.1, 0.15) is 0 Å². The summed E-state index contributed by atoms with van der Waals surface area (Å²) >= 11 is 1.96. The molecule has 0 amide bonds. The van der Waals surface area contributed by atoms with E-state index in [-0.39, 0.29) is 0 Å². The van der Waals surface area contributed by atoms with E-state index < -0.39 is 0 Å². The minimum absolute atomic E-state index is 0.509. The van der Waals surface area contributed by atoms with Crippen molar-refractivity contribution in [2.45, 2.75) is 64.0 Å². The molecule has 2 nitrogen and oxygen atoms in total. The van der Waals surface area contributed by atoms with Gasteiger partial charge >= 0.3 is 0 Å². The molecule has 2 fully saturated rings. The van der Waals surface area contributed by atoms with E-state index in [1.807, 2.05) is 11.8 Å². The van der Waals surface area contributed by atoms with Crippen molar-refractivity contribution in [3.8, 4) is 0 Å². The van der Waals surface area contributed by atoms with Gasteiger partial charge in [0.05, 0.1) is 6.10 Å². The largest absolute Gasteiger partial charge is 0.378 e. The number of unbranched alkanes of at least 4 members (excludes halogenated alkanes) is 1. The van der Waals surface area contributed by atoms with Crippen molar-refractivity contribution in [2.24, 2.45) is 5.41 Å². The first-order chi connectivity index (χ1) is 8.83. The predicted molar refractivity (Wildman–Crippen MR) is 80.3 cm³/mol. The topological polar surface area (TPSA) is 21.3 Å². The lowest BCUT2D eigenvalue weighted by Crippen LogP contribution is -2.62. The first-order valence-corrected chi connectivity index (χ1v) is 9.07. The molecule has 2 atom stereocenters. The molecule has 0 radical (unpaired) electrons. The van der Waals surface area contributed by atoms with Gasteiger partial charge in [-0.3, -0.25) is 0 Å². The standard InChI is InChI=1S/C15H29NOS/c1-3-17-14-12-13(15(14)8-4-5-9-15)16-10-6-7-11-18-2/h13-14,16H,3-12H2,1-2H3.